The molecular weight excluding hydrogens is 362 g/mol. The minimum Gasteiger partial charge on any atom is -0.488 e. The van der Waals surface area contributed by atoms with E-state index in [0.29, 0.717) is 28.2 Å². The van der Waals surface area contributed by atoms with Gasteiger partial charge < -0.3 is 10.5 Å². The molecule has 4 N–H and O–H groups in total. The standard InChI is InChI=1S/C19H21N5O2S/c1-12(2)24-15(7-9-23-24)19-13(4-3-8-22-19)11-26-16-5-6-17(27-21)18(20)14(16)10-25/h3-10,12H,11,20-21H2,1-2H3. The van der Waals surface area contributed by atoms with E-state index in [4.69, 9.17) is 15.6 Å². The lowest BCUT2D eigenvalue weighted by atomic mass is 10.1. The number of nitrogen functional groups attached to an aromatic ring is 1. The summed E-state index contributed by atoms with van der Waals surface area (Å²) >= 11 is 0.994. The van der Waals surface area contributed by atoms with E-state index in [2.05, 4.69) is 23.9 Å². The number of ether oxygens (including phenoxy) is 1. The molecule has 27 heavy (non-hydrogen) atoms. The third-order valence-corrected chi connectivity index (χ3v) is 4.74. The largest absolute Gasteiger partial charge is 0.488 e. The number of carbonyl (C=O) groups is 1. The van der Waals surface area contributed by atoms with Gasteiger partial charge in [-0.15, -0.1) is 0 Å². The van der Waals surface area contributed by atoms with Crippen molar-refractivity contribution in [3.05, 3.63) is 53.9 Å². The predicted octanol–water partition coefficient (Wildman–Crippen LogP) is 3.47. The summed E-state index contributed by atoms with van der Waals surface area (Å²) in [5, 5.41) is 9.93. The van der Waals surface area contributed by atoms with Crippen LogP contribution in [0.4, 0.5) is 5.69 Å². The number of aromatic nitrogens is 3. The van der Waals surface area contributed by atoms with Crippen molar-refractivity contribution in [1.82, 2.24) is 14.8 Å². The van der Waals surface area contributed by atoms with Crippen molar-refractivity contribution in [2.45, 2.75) is 31.4 Å². The molecule has 0 unspecified atom stereocenters. The first-order chi connectivity index (χ1) is 13.1. The molecule has 7 nitrogen and oxygen atoms in total. The number of pyridine rings is 1. The number of rotatable bonds is 7. The lowest BCUT2D eigenvalue weighted by Crippen LogP contribution is -2.08. The Hall–Kier alpha value is -2.84. The summed E-state index contributed by atoms with van der Waals surface area (Å²) in [6, 6.07) is 9.35. The normalized spacial score (nSPS) is 11.0. The molecule has 0 saturated heterocycles. The fraction of sp³-hybridized carbons (Fsp3) is 0.211. The second-order valence-corrected chi connectivity index (χ2v) is 6.85. The monoisotopic (exact) mass is 383 g/mol. The van der Waals surface area contributed by atoms with Gasteiger partial charge in [-0.05, 0) is 50.1 Å². The quantitative estimate of drug-likeness (QED) is 0.365. The van der Waals surface area contributed by atoms with Gasteiger partial charge in [0.1, 0.15) is 12.4 Å². The second-order valence-electron chi connectivity index (χ2n) is 6.18. The van der Waals surface area contributed by atoms with E-state index in [9.17, 15) is 4.79 Å². The molecule has 2 heterocycles. The topological polar surface area (TPSA) is 109 Å². The van der Waals surface area contributed by atoms with Gasteiger partial charge in [0.25, 0.3) is 0 Å². The summed E-state index contributed by atoms with van der Waals surface area (Å²) in [5.41, 5.74) is 9.20. The van der Waals surface area contributed by atoms with Crippen molar-refractivity contribution in [3.63, 3.8) is 0 Å². The van der Waals surface area contributed by atoms with Gasteiger partial charge in [0.05, 0.1) is 22.6 Å². The van der Waals surface area contributed by atoms with Crippen molar-refractivity contribution < 1.29 is 9.53 Å². The number of hydrogen-bond acceptors (Lipinski definition) is 7. The van der Waals surface area contributed by atoms with Crippen molar-refractivity contribution in [3.8, 4) is 17.1 Å². The molecule has 0 aliphatic carbocycles. The molecule has 140 valence electrons. The molecule has 0 amide bonds. The maximum atomic E-state index is 11.5. The maximum Gasteiger partial charge on any atom is 0.155 e. The molecule has 2 aromatic heterocycles. The smallest absolute Gasteiger partial charge is 0.155 e. The Morgan fingerprint density at radius 2 is 2.07 bits per heavy atom. The number of anilines is 1. The summed E-state index contributed by atoms with van der Waals surface area (Å²) < 4.78 is 7.81. The lowest BCUT2D eigenvalue weighted by Gasteiger charge is -2.15. The molecule has 0 aliphatic rings. The highest BCUT2D eigenvalue weighted by Gasteiger charge is 2.16. The van der Waals surface area contributed by atoms with Crippen LogP contribution in [-0.2, 0) is 6.61 Å². The number of carbonyl (C=O) groups excluding carboxylic acids is 1. The average Bonchev–Trinajstić information content (AvgIpc) is 3.16. The summed E-state index contributed by atoms with van der Waals surface area (Å²) in [4.78, 5) is 16.6. The van der Waals surface area contributed by atoms with Crippen LogP contribution in [0.2, 0.25) is 0 Å². The summed E-state index contributed by atoms with van der Waals surface area (Å²) in [6.45, 7) is 4.36. The summed E-state index contributed by atoms with van der Waals surface area (Å²) in [5.74, 6) is 0.410. The highest BCUT2D eigenvalue weighted by Crippen LogP contribution is 2.32. The van der Waals surface area contributed by atoms with E-state index in [1.165, 1.54) is 0 Å². The molecule has 1 aromatic carbocycles. The summed E-state index contributed by atoms with van der Waals surface area (Å²) in [6.07, 6.45) is 4.17. The molecule has 0 aliphatic heterocycles. The Bertz CT molecular complexity index is 955. The van der Waals surface area contributed by atoms with E-state index >= 15 is 0 Å². The molecule has 0 radical (unpaired) electrons. The van der Waals surface area contributed by atoms with Crippen LogP contribution in [0.5, 0.6) is 5.75 Å². The highest BCUT2D eigenvalue weighted by atomic mass is 32.2. The summed E-state index contributed by atoms with van der Waals surface area (Å²) in [7, 11) is 0. The number of nitrogens with zero attached hydrogens (tertiary/aromatic N) is 3. The Kier molecular flexibility index (Phi) is 5.78. The van der Waals surface area contributed by atoms with Gasteiger partial charge in [-0.25, -0.2) is 0 Å². The fourth-order valence-electron chi connectivity index (χ4n) is 2.80. The van der Waals surface area contributed by atoms with Crippen LogP contribution in [-0.4, -0.2) is 21.1 Å². The van der Waals surface area contributed by atoms with Gasteiger partial charge in [0.2, 0.25) is 0 Å². The van der Waals surface area contributed by atoms with Gasteiger partial charge in [-0.2, -0.15) is 5.10 Å². The maximum absolute atomic E-state index is 11.5. The van der Waals surface area contributed by atoms with E-state index in [1.807, 2.05) is 22.9 Å². The van der Waals surface area contributed by atoms with Gasteiger partial charge in [0, 0.05) is 28.9 Å². The zero-order chi connectivity index (χ0) is 19.4. The van der Waals surface area contributed by atoms with Crippen molar-refractivity contribution in [1.29, 1.82) is 0 Å². The lowest BCUT2D eigenvalue weighted by molar-refractivity contribution is 0.112. The van der Waals surface area contributed by atoms with Crippen molar-refractivity contribution in [2.75, 3.05) is 5.73 Å². The average molecular weight is 383 g/mol. The molecule has 0 saturated carbocycles. The Labute approximate surface area is 161 Å². The minimum atomic E-state index is 0.202. The molecule has 8 heteroatoms. The SMILES string of the molecule is CC(C)n1nccc1-c1ncccc1COc1ccc(SN)c(N)c1C=O. The van der Waals surface area contributed by atoms with E-state index in [0.717, 1.165) is 28.9 Å². The molecule has 3 rings (SSSR count). The van der Waals surface area contributed by atoms with Crippen molar-refractivity contribution >= 4 is 23.9 Å². The van der Waals surface area contributed by atoms with Crippen LogP contribution < -0.4 is 15.6 Å². The highest BCUT2D eigenvalue weighted by molar-refractivity contribution is 7.97. The van der Waals surface area contributed by atoms with Gasteiger partial charge in [-0.1, -0.05) is 6.07 Å². The number of benzene rings is 1. The molecule has 3 aromatic rings. The molecular formula is C19H21N5O2S. The van der Waals surface area contributed by atoms with Crippen LogP contribution in [0, 0.1) is 0 Å². The van der Waals surface area contributed by atoms with Gasteiger partial charge in [0.15, 0.2) is 6.29 Å². The van der Waals surface area contributed by atoms with Crippen molar-refractivity contribution in [2.24, 2.45) is 5.14 Å². The third kappa shape index (κ3) is 3.81. The van der Waals surface area contributed by atoms with Crippen LogP contribution >= 0.6 is 11.9 Å². The van der Waals surface area contributed by atoms with Crippen LogP contribution in [0.15, 0.2) is 47.6 Å². The third-order valence-electron chi connectivity index (χ3n) is 4.13. The Morgan fingerprint density at radius 3 is 2.78 bits per heavy atom. The molecule has 0 bridgehead atoms. The van der Waals surface area contributed by atoms with Gasteiger partial charge >= 0.3 is 0 Å². The Balaban J connectivity index is 1.92. The zero-order valence-corrected chi connectivity index (χ0v) is 15.9. The first kappa shape index (κ1) is 18.9. The van der Waals surface area contributed by atoms with Crippen LogP contribution in [0.25, 0.3) is 11.4 Å². The van der Waals surface area contributed by atoms with Crippen LogP contribution in [0.3, 0.4) is 0 Å². The molecule has 0 fully saturated rings. The van der Waals surface area contributed by atoms with E-state index in [1.54, 1.807) is 24.5 Å². The second kappa shape index (κ2) is 8.24. The van der Waals surface area contributed by atoms with E-state index in [-0.39, 0.29) is 12.6 Å². The first-order valence-corrected chi connectivity index (χ1v) is 9.29. The fourth-order valence-corrected chi connectivity index (χ4v) is 3.18. The van der Waals surface area contributed by atoms with Gasteiger partial charge in [-0.3, -0.25) is 19.6 Å². The number of hydrogen-bond donors (Lipinski definition) is 2. The molecule has 0 atom stereocenters. The first-order valence-electron chi connectivity index (χ1n) is 8.41. The Morgan fingerprint density at radius 1 is 1.26 bits per heavy atom. The number of nitrogens with two attached hydrogens (primary N) is 2. The predicted molar refractivity (Wildman–Crippen MR) is 106 cm³/mol. The zero-order valence-electron chi connectivity index (χ0n) is 15.1. The van der Waals surface area contributed by atoms with E-state index < -0.39 is 0 Å². The minimum absolute atomic E-state index is 0.202. The van der Waals surface area contributed by atoms with Crippen LogP contribution in [0.1, 0.15) is 35.8 Å². The number of aldehydes is 1. The molecule has 0 spiro atoms.